The van der Waals surface area contributed by atoms with Crippen LogP contribution in [-0.2, 0) is 11.3 Å². The first-order valence-corrected chi connectivity index (χ1v) is 6.43. The van der Waals surface area contributed by atoms with E-state index in [1.54, 1.807) is 6.07 Å². The molecule has 18 heavy (non-hydrogen) atoms. The second-order valence-electron chi connectivity index (χ2n) is 4.73. The van der Waals surface area contributed by atoms with Crippen molar-refractivity contribution in [2.24, 2.45) is 5.92 Å². The van der Waals surface area contributed by atoms with E-state index in [1.807, 2.05) is 6.07 Å². The lowest BCUT2D eigenvalue weighted by atomic mass is 10.1. The van der Waals surface area contributed by atoms with Gasteiger partial charge < -0.3 is 10.2 Å². The number of benzene rings is 1. The van der Waals surface area contributed by atoms with E-state index < -0.39 is 0 Å². The second kappa shape index (κ2) is 5.96. The maximum absolute atomic E-state index is 13.0. The van der Waals surface area contributed by atoms with Crippen LogP contribution in [0.15, 0.2) is 24.3 Å². The van der Waals surface area contributed by atoms with Crippen molar-refractivity contribution in [3.05, 3.63) is 35.6 Å². The lowest BCUT2D eigenvalue weighted by Crippen LogP contribution is -2.32. The number of amides is 1. The standard InChI is InChI=1S/C14H19FN2O/c1-2-17-7-6-12(10-17)14(18)16-9-11-4-3-5-13(15)8-11/h3-5,8,12H,2,6-7,9-10H2,1H3,(H,16,18)/t12-/m1/s1. The zero-order valence-corrected chi connectivity index (χ0v) is 10.7. The minimum Gasteiger partial charge on any atom is -0.352 e. The van der Waals surface area contributed by atoms with Crippen LogP contribution in [0.3, 0.4) is 0 Å². The van der Waals surface area contributed by atoms with Gasteiger partial charge in [-0.3, -0.25) is 4.79 Å². The number of nitrogens with zero attached hydrogens (tertiary/aromatic N) is 1. The highest BCUT2D eigenvalue weighted by molar-refractivity contribution is 5.79. The van der Waals surface area contributed by atoms with Gasteiger partial charge >= 0.3 is 0 Å². The van der Waals surface area contributed by atoms with Crippen LogP contribution in [-0.4, -0.2) is 30.4 Å². The molecule has 1 amide bonds. The molecule has 1 aromatic carbocycles. The molecule has 3 nitrogen and oxygen atoms in total. The molecule has 0 aliphatic carbocycles. The molecule has 1 heterocycles. The molecule has 1 atom stereocenters. The summed E-state index contributed by atoms with van der Waals surface area (Å²) in [6.07, 6.45) is 0.919. The predicted octanol–water partition coefficient (Wildman–Crippen LogP) is 1.78. The lowest BCUT2D eigenvalue weighted by molar-refractivity contribution is -0.124. The summed E-state index contributed by atoms with van der Waals surface area (Å²) in [6, 6.07) is 6.33. The monoisotopic (exact) mass is 250 g/mol. The predicted molar refractivity (Wildman–Crippen MR) is 68.5 cm³/mol. The number of carbonyl (C=O) groups is 1. The number of hydrogen-bond acceptors (Lipinski definition) is 2. The smallest absolute Gasteiger partial charge is 0.224 e. The summed E-state index contributed by atoms with van der Waals surface area (Å²) in [4.78, 5) is 14.2. The molecule has 1 aromatic rings. The number of rotatable bonds is 4. The molecule has 1 N–H and O–H groups in total. The van der Waals surface area contributed by atoms with Crippen molar-refractivity contribution < 1.29 is 9.18 Å². The Kier molecular flexibility index (Phi) is 4.31. The fraction of sp³-hybridized carbons (Fsp3) is 0.500. The zero-order valence-electron chi connectivity index (χ0n) is 10.7. The highest BCUT2D eigenvalue weighted by Crippen LogP contribution is 2.15. The molecule has 0 radical (unpaired) electrons. The van der Waals surface area contributed by atoms with Crippen molar-refractivity contribution in [2.75, 3.05) is 19.6 Å². The molecular weight excluding hydrogens is 231 g/mol. The molecule has 0 unspecified atom stereocenters. The van der Waals surface area contributed by atoms with Crippen molar-refractivity contribution in [2.45, 2.75) is 19.9 Å². The van der Waals surface area contributed by atoms with Gasteiger partial charge in [-0.1, -0.05) is 19.1 Å². The van der Waals surface area contributed by atoms with E-state index in [0.717, 1.165) is 31.6 Å². The number of nitrogens with one attached hydrogen (secondary N) is 1. The molecule has 0 spiro atoms. The van der Waals surface area contributed by atoms with Crippen molar-refractivity contribution in [1.82, 2.24) is 10.2 Å². The summed E-state index contributed by atoms with van der Waals surface area (Å²) in [6.45, 7) is 5.33. The molecule has 1 saturated heterocycles. The summed E-state index contributed by atoms with van der Waals surface area (Å²) in [5, 5.41) is 2.88. The number of halogens is 1. The number of hydrogen-bond donors (Lipinski definition) is 1. The third kappa shape index (κ3) is 3.29. The summed E-state index contributed by atoms with van der Waals surface area (Å²) in [7, 11) is 0. The Morgan fingerprint density at radius 3 is 3.06 bits per heavy atom. The quantitative estimate of drug-likeness (QED) is 0.883. The van der Waals surface area contributed by atoms with Gasteiger partial charge in [-0.15, -0.1) is 0 Å². The average molecular weight is 250 g/mol. The fourth-order valence-corrected chi connectivity index (χ4v) is 2.31. The highest BCUT2D eigenvalue weighted by Gasteiger charge is 2.26. The Morgan fingerprint density at radius 2 is 2.39 bits per heavy atom. The Hall–Kier alpha value is -1.42. The summed E-state index contributed by atoms with van der Waals surface area (Å²) in [5.74, 6) is -0.103. The van der Waals surface area contributed by atoms with Gasteiger partial charge in [-0.25, -0.2) is 4.39 Å². The first-order chi connectivity index (χ1) is 8.69. The summed E-state index contributed by atoms with van der Waals surface area (Å²) < 4.78 is 13.0. The van der Waals surface area contributed by atoms with Crippen LogP contribution in [0, 0.1) is 11.7 Å². The summed E-state index contributed by atoms with van der Waals surface area (Å²) >= 11 is 0. The summed E-state index contributed by atoms with van der Waals surface area (Å²) in [5.41, 5.74) is 0.800. The van der Waals surface area contributed by atoms with E-state index in [1.165, 1.54) is 12.1 Å². The number of likely N-dealkylation sites (tertiary alicyclic amines) is 1. The molecule has 4 heteroatoms. The van der Waals surface area contributed by atoms with E-state index in [0.29, 0.717) is 6.54 Å². The molecule has 2 rings (SSSR count). The van der Waals surface area contributed by atoms with Gasteiger partial charge in [-0.2, -0.15) is 0 Å². The van der Waals surface area contributed by atoms with Gasteiger partial charge in [0.1, 0.15) is 5.82 Å². The van der Waals surface area contributed by atoms with Crippen LogP contribution in [0.2, 0.25) is 0 Å². The van der Waals surface area contributed by atoms with Gasteiger partial charge in [0.15, 0.2) is 0 Å². The Bertz CT molecular complexity index is 422. The molecule has 1 fully saturated rings. The lowest BCUT2D eigenvalue weighted by Gasteiger charge is -2.13. The highest BCUT2D eigenvalue weighted by atomic mass is 19.1. The van der Waals surface area contributed by atoms with E-state index in [2.05, 4.69) is 17.1 Å². The normalized spacial score (nSPS) is 20.0. The largest absolute Gasteiger partial charge is 0.352 e. The van der Waals surface area contributed by atoms with Crippen molar-refractivity contribution >= 4 is 5.91 Å². The van der Waals surface area contributed by atoms with Gasteiger partial charge in [0.25, 0.3) is 0 Å². The molecule has 0 saturated carbocycles. The first-order valence-electron chi connectivity index (χ1n) is 6.43. The average Bonchev–Trinajstić information content (AvgIpc) is 2.85. The van der Waals surface area contributed by atoms with Crippen molar-refractivity contribution in [1.29, 1.82) is 0 Å². The molecule has 1 aliphatic rings. The van der Waals surface area contributed by atoms with Crippen LogP contribution in [0.5, 0.6) is 0 Å². The van der Waals surface area contributed by atoms with Gasteiger partial charge in [0.05, 0.1) is 5.92 Å². The van der Waals surface area contributed by atoms with Gasteiger partial charge in [0.2, 0.25) is 5.91 Å². The van der Waals surface area contributed by atoms with Crippen LogP contribution in [0.25, 0.3) is 0 Å². The second-order valence-corrected chi connectivity index (χ2v) is 4.73. The maximum atomic E-state index is 13.0. The van der Waals surface area contributed by atoms with Crippen LogP contribution in [0.4, 0.5) is 4.39 Å². The van der Waals surface area contributed by atoms with Crippen molar-refractivity contribution in [3.8, 4) is 0 Å². The minimum absolute atomic E-state index is 0.0789. The maximum Gasteiger partial charge on any atom is 0.224 e. The Morgan fingerprint density at radius 1 is 1.56 bits per heavy atom. The van der Waals surface area contributed by atoms with Gasteiger partial charge in [-0.05, 0) is 37.2 Å². The third-order valence-electron chi connectivity index (χ3n) is 3.45. The Labute approximate surface area is 107 Å². The van der Waals surface area contributed by atoms with Crippen LogP contribution >= 0.6 is 0 Å². The van der Waals surface area contributed by atoms with E-state index in [4.69, 9.17) is 0 Å². The van der Waals surface area contributed by atoms with E-state index >= 15 is 0 Å². The molecular formula is C14H19FN2O. The van der Waals surface area contributed by atoms with E-state index in [9.17, 15) is 9.18 Å². The molecule has 0 aromatic heterocycles. The van der Waals surface area contributed by atoms with Crippen LogP contribution in [0.1, 0.15) is 18.9 Å². The van der Waals surface area contributed by atoms with E-state index in [-0.39, 0.29) is 17.6 Å². The topological polar surface area (TPSA) is 32.3 Å². The Balaban J connectivity index is 1.82. The minimum atomic E-state index is -0.264. The number of carbonyl (C=O) groups excluding carboxylic acids is 1. The molecule has 1 aliphatic heterocycles. The molecule has 98 valence electrons. The van der Waals surface area contributed by atoms with Crippen molar-refractivity contribution in [3.63, 3.8) is 0 Å². The fourth-order valence-electron chi connectivity index (χ4n) is 2.31. The molecule has 0 bridgehead atoms. The van der Waals surface area contributed by atoms with Crippen LogP contribution < -0.4 is 5.32 Å². The first kappa shape index (κ1) is 13.0. The third-order valence-corrected chi connectivity index (χ3v) is 3.45. The SMILES string of the molecule is CCN1CC[C@@H](C(=O)NCc2cccc(F)c2)C1. The van der Waals surface area contributed by atoms with Gasteiger partial charge in [0, 0.05) is 13.1 Å². The zero-order chi connectivity index (χ0) is 13.0.